The van der Waals surface area contributed by atoms with E-state index in [4.69, 9.17) is 20.8 Å². The molecule has 0 aliphatic rings. The van der Waals surface area contributed by atoms with E-state index >= 15 is 0 Å². The summed E-state index contributed by atoms with van der Waals surface area (Å²) in [5.74, 6) is 5.30. The van der Waals surface area contributed by atoms with E-state index in [-0.39, 0.29) is 11.6 Å². The van der Waals surface area contributed by atoms with Crippen molar-refractivity contribution in [2.24, 2.45) is 0 Å². The molecule has 0 atom stereocenters. The first-order chi connectivity index (χ1) is 14.0. The summed E-state index contributed by atoms with van der Waals surface area (Å²) < 4.78 is 11.2. The van der Waals surface area contributed by atoms with Crippen LogP contribution in [0.5, 0.6) is 11.8 Å². The van der Waals surface area contributed by atoms with Gasteiger partial charge in [0.05, 0.1) is 10.6 Å². The number of ether oxygens (including phenoxy) is 1. The molecule has 0 aliphatic carbocycles. The van der Waals surface area contributed by atoms with Gasteiger partial charge in [-0.05, 0) is 42.8 Å². The van der Waals surface area contributed by atoms with Gasteiger partial charge in [-0.1, -0.05) is 29.5 Å². The van der Waals surface area contributed by atoms with E-state index in [1.54, 1.807) is 55.7 Å². The number of hydrogen-bond acceptors (Lipinski definition) is 5. The highest BCUT2D eigenvalue weighted by molar-refractivity contribution is 6.32. The summed E-state index contributed by atoms with van der Waals surface area (Å²) in [7, 11) is 0. The predicted octanol–water partition coefficient (Wildman–Crippen LogP) is 5.07. The van der Waals surface area contributed by atoms with E-state index in [1.165, 1.54) is 6.07 Å². The van der Waals surface area contributed by atoms with Gasteiger partial charge in [0.25, 0.3) is 0 Å². The van der Waals surface area contributed by atoms with Crippen LogP contribution in [0.2, 0.25) is 5.02 Å². The number of fused-ring (bicyclic) bond motifs is 1. The number of rotatable bonds is 3. The van der Waals surface area contributed by atoms with E-state index in [1.807, 2.05) is 0 Å². The van der Waals surface area contributed by atoms with Crippen molar-refractivity contribution in [2.75, 3.05) is 0 Å². The number of pyridine rings is 1. The number of nitrogens with zero attached hydrogens (tertiary/aromatic N) is 2. The number of carboxylic acid groups (broad SMARTS) is 1. The molecule has 0 saturated heterocycles. The summed E-state index contributed by atoms with van der Waals surface area (Å²) in [5.41, 5.74) is 3.15. The second-order valence-corrected chi connectivity index (χ2v) is 6.56. The summed E-state index contributed by atoms with van der Waals surface area (Å²) in [5, 5.41) is 9.66. The lowest BCUT2D eigenvalue weighted by molar-refractivity contribution is 0.0695. The predicted molar refractivity (Wildman–Crippen MR) is 107 cm³/mol. The number of hydrogen-bond donors (Lipinski definition) is 1. The zero-order chi connectivity index (χ0) is 20.4. The Hall–Kier alpha value is -3.82. The van der Waals surface area contributed by atoms with Crippen LogP contribution in [0.1, 0.15) is 27.0 Å². The highest BCUT2D eigenvalue weighted by Gasteiger charge is 2.13. The Balaban J connectivity index is 1.64. The van der Waals surface area contributed by atoms with Gasteiger partial charge < -0.3 is 14.3 Å². The monoisotopic (exact) mass is 404 g/mol. The molecule has 2 aromatic heterocycles. The molecule has 4 aromatic rings. The lowest BCUT2D eigenvalue weighted by Gasteiger charge is -2.04. The Morgan fingerprint density at radius 2 is 1.93 bits per heavy atom. The maximum atomic E-state index is 11.3. The van der Waals surface area contributed by atoms with Crippen molar-refractivity contribution < 1.29 is 19.1 Å². The Labute approximate surface area is 170 Å². The Bertz CT molecular complexity index is 1290. The number of benzene rings is 2. The van der Waals surface area contributed by atoms with Gasteiger partial charge in [0, 0.05) is 29.6 Å². The second kappa shape index (κ2) is 7.66. The summed E-state index contributed by atoms with van der Waals surface area (Å²) in [6.45, 7) is 1.71. The topological polar surface area (TPSA) is 85.5 Å². The Kier molecular flexibility index (Phi) is 4.90. The number of oxazole rings is 1. The zero-order valence-corrected chi connectivity index (χ0v) is 15.9. The van der Waals surface area contributed by atoms with Crippen LogP contribution in [0.15, 0.2) is 59.3 Å². The van der Waals surface area contributed by atoms with Gasteiger partial charge in [0.1, 0.15) is 11.3 Å². The van der Waals surface area contributed by atoms with E-state index in [2.05, 4.69) is 21.8 Å². The minimum absolute atomic E-state index is 0.0181. The van der Waals surface area contributed by atoms with Crippen LogP contribution in [-0.2, 0) is 0 Å². The maximum Gasteiger partial charge on any atom is 0.400 e. The average molecular weight is 405 g/mol. The van der Waals surface area contributed by atoms with Crippen LogP contribution < -0.4 is 4.74 Å². The highest BCUT2D eigenvalue weighted by Crippen LogP contribution is 2.30. The van der Waals surface area contributed by atoms with Crippen molar-refractivity contribution in [3.8, 4) is 23.7 Å². The zero-order valence-electron chi connectivity index (χ0n) is 15.1. The summed E-state index contributed by atoms with van der Waals surface area (Å²) in [6.07, 6.45) is 3.31. The third-order valence-electron chi connectivity index (χ3n) is 4.12. The fraction of sp³-hybridized carbons (Fsp3) is 0.0455. The fourth-order valence-electron chi connectivity index (χ4n) is 2.64. The molecule has 0 fully saturated rings. The van der Waals surface area contributed by atoms with Gasteiger partial charge in [-0.15, -0.1) is 0 Å². The van der Waals surface area contributed by atoms with Crippen LogP contribution in [0.4, 0.5) is 0 Å². The molecule has 0 amide bonds. The van der Waals surface area contributed by atoms with Crippen molar-refractivity contribution >= 4 is 28.7 Å². The molecule has 0 saturated carbocycles. The third-order valence-corrected chi connectivity index (χ3v) is 4.44. The quantitative estimate of drug-likeness (QED) is 0.479. The van der Waals surface area contributed by atoms with Gasteiger partial charge in [-0.2, -0.15) is 4.98 Å². The highest BCUT2D eigenvalue weighted by atomic mass is 35.5. The first kappa shape index (κ1) is 18.5. The van der Waals surface area contributed by atoms with Crippen molar-refractivity contribution in [3.63, 3.8) is 0 Å². The molecule has 1 N–H and O–H groups in total. The average Bonchev–Trinajstić information content (AvgIpc) is 3.09. The molecule has 0 spiro atoms. The largest absolute Gasteiger partial charge is 0.478 e. The van der Waals surface area contributed by atoms with E-state index in [0.717, 1.165) is 5.56 Å². The second-order valence-electron chi connectivity index (χ2n) is 6.15. The van der Waals surface area contributed by atoms with Crippen LogP contribution in [0.3, 0.4) is 0 Å². The molecule has 0 unspecified atom stereocenters. The number of halogens is 1. The lowest BCUT2D eigenvalue weighted by atomic mass is 10.1. The summed E-state index contributed by atoms with van der Waals surface area (Å²) >= 11 is 6.30. The van der Waals surface area contributed by atoms with Crippen LogP contribution in [-0.4, -0.2) is 21.0 Å². The third kappa shape index (κ3) is 4.05. The smallest absolute Gasteiger partial charge is 0.400 e. The number of aromatic carboxylic acids is 1. The molecule has 2 aromatic carbocycles. The molecule has 0 radical (unpaired) electrons. The first-order valence-electron chi connectivity index (χ1n) is 8.53. The summed E-state index contributed by atoms with van der Waals surface area (Å²) in [4.78, 5) is 19.5. The molecule has 6 nitrogen and oxygen atoms in total. The molecule has 142 valence electrons. The molecule has 4 rings (SSSR count). The van der Waals surface area contributed by atoms with E-state index < -0.39 is 5.97 Å². The van der Waals surface area contributed by atoms with E-state index in [0.29, 0.717) is 33.0 Å². The molecule has 2 heterocycles. The minimum Gasteiger partial charge on any atom is -0.478 e. The Morgan fingerprint density at radius 1 is 1.14 bits per heavy atom. The van der Waals surface area contributed by atoms with Crippen molar-refractivity contribution in [3.05, 3.63) is 82.1 Å². The Morgan fingerprint density at radius 3 is 2.69 bits per heavy atom. The molecule has 29 heavy (non-hydrogen) atoms. The van der Waals surface area contributed by atoms with Crippen LogP contribution in [0.25, 0.3) is 11.1 Å². The maximum absolute atomic E-state index is 11.3. The molecular formula is C22H13ClN2O4. The normalized spacial score (nSPS) is 10.4. The van der Waals surface area contributed by atoms with Gasteiger partial charge in [-0.3, -0.25) is 4.98 Å². The van der Waals surface area contributed by atoms with Crippen LogP contribution >= 0.6 is 11.6 Å². The summed E-state index contributed by atoms with van der Waals surface area (Å²) in [6, 6.07) is 11.7. The SMILES string of the molecule is Cc1ccc(Oc2nc3cc(C#Cc4ccncc4)c(Cl)cc3o2)cc1C(=O)O. The van der Waals surface area contributed by atoms with Crippen LogP contribution in [0, 0.1) is 18.8 Å². The molecule has 7 heteroatoms. The molecule has 0 bridgehead atoms. The van der Waals surface area contributed by atoms with Crippen molar-refractivity contribution in [1.82, 2.24) is 9.97 Å². The number of aryl methyl sites for hydroxylation is 1. The van der Waals surface area contributed by atoms with Gasteiger partial charge in [0.15, 0.2) is 5.58 Å². The number of carboxylic acids is 1. The first-order valence-corrected chi connectivity index (χ1v) is 8.91. The number of carbonyl (C=O) groups is 1. The minimum atomic E-state index is -1.03. The van der Waals surface area contributed by atoms with Crippen molar-refractivity contribution in [2.45, 2.75) is 6.92 Å². The van der Waals surface area contributed by atoms with Crippen molar-refractivity contribution in [1.29, 1.82) is 0 Å². The van der Waals surface area contributed by atoms with Gasteiger partial charge >= 0.3 is 12.0 Å². The number of aromatic nitrogens is 2. The lowest BCUT2D eigenvalue weighted by Crippen LogP contribution is -1.99. The standard InChI is InChI=1S/C22H13ClN2O4/c1-13-2-5-16(11-17(13)21(26)27)28-22-25-19-10-15(18(23)12-20(19)29-22)4-3-14-6-8-24-9-7-14/h2,5-12H,1H3,(H,26,27). The van der Waals surface area contributed by atoms with Gasteiger partial charge in [0.2, 0.25) is 0 Å². The molecule has 0 aliphatic heterocycles. The molecular weight excluding hydrogens is 392 g/mol. The van der Waals surface area contributed by atoms with Gasteiger partial charge in [-0.25, -0.2) is 4.79 Å². The fourth-order valence-corrected chi connectivity index (χ4v) is 2.84. The van der Waals surface area contributed by atoms with E-state index in [9.17, 15) is 9.90 Å².